The van der Waals surface area contributed by atoms with Crippen LogP contribution in [-0.2, 0) is 21.3 Å². The van der Waals surface area contributed by atoms with Crippen LogP contribution in [0.25, 0.3) is 5.65 Å². The van der Waals surface area contributed by atoms with E-state index in [0.29, 0.717) is 28.6 Å². The van der Waals surface area contributed by atoms with Gasteiger partial charge in [0.1, 0.15) is 27.5 Å². The number of amides is 2. The van der Waals surface area contributed by atoms with Gasteiger partial charge in [-0.15, -0.1) is 0 Å². The number of hydrogen-bond donors (Lipinski definition) is 2. The molecule has 2 amide bonds. The molecule has 1 aliphatic rings. The van der Waals surface area contributed by atoms with Gasteiger partial charge < -0.3 is 9.47 Å². The highest BCUT2D eigenvalue weighted by Crippen LogP contribution is 2.45. The number of ether oxygens (including phenoxy) is 2. The molecule has 2 heterocycles. The smallest absolute Gasteiger partial charge is 0.426 e. The van der Waals surface area contributed by atoms with E-state index in [0.717, 1.165) is 0 Å². The van der Waals surface area contributed by atoms with Crippen molar-refractivity contribution in [3.8, 4) is 11.8 Å². The molecule has 2 aromatic heterocycles. The van der Waals surface area contributed by atoms with E-state index in [1.54, 1.807) is 45.0 Å². The Morgan fingerprint density at radius 2 is 1.90 bits per heavy atom. The zero-order valence-corrected chi connectivity index (χ0v) is 24.1. The van der Waals surface area contributed by atoms with E-state index >= 15 is 0 Å². The van der Waals surface area contributed by atoms with Crippen molar-refractivity contribution in [2.45, 2.75) is 56.2 Å². The lowest BCUT2D eigenvalue weighted by atomic mass is 10.2. The number of fused-ring (bicyclic) bond motifs is 1. The van der Waals surface area contributed by atoms with Gasteiger partial charge in [0.25, 0.3) is 5.91 Å². The first-order chi connectivity index (χ1) is 18.3. The van der Waals surface area contributed by atoms with Crippen LogP contribution in [0, 0.1) is 11.3 Å². The van der Waals surface area contributed by atoms with Gasteiger partial charge in [-0.2, -0.15) is 9.57 Å². The molecule has 0 radical (unpaired) electrons. The summed E-state index contributed by atoms with van der Waals surface area (Å²) < 4.78 is 41.0. The second-order valence-corrected chi connectivity index (χ2v) is 12.7. The molecule has 1 saturated carbocycles. The average molecular weight is 619 g/mol. The van der Waals surface area contributed by atoms with Gasteiger partial charge in [-0.3, -0.25) is 14.6 Å². The molecule has 39 heavy (non-hydrogen) atoms. The molecule has 1 aromatic carbocycles. The number of imidazole rings is 1. The third kappa shape index (κ3) is 6.00. The lowest BCUT2D eigenvalue weighted by Crippen LogP contribution is -2.44. The topological polar surface area (TPSA) is 155 Å². The third-order valence-electron chi connectivity index (χ3n) is 5.93. The Balaban J connectivity index is 1.67. The molecule has 0 atom stereocenters. The SMILES string of the molecule is COc1ccc(CN(C2(C#N)CC2)S(=O)(=O)c2cc(Br)c3ncc(C(=O)NNC(=O)OC(C)(C)C)n3c2)cc1. The van der Waals surface area contributed by atoms with Crippen LogP contribution in [-0.4, -0.2) is 52.4 Å². The van der Waals surface area contributed by atoms with Gasteiger partial charge in [-0.1, -0.05) is 12.1 Å². The maximum atomic E-state index is 14.0. The van der Waals surface area contributed by atoms with Crippen molar-refractivity contribution >= 4 is 43.6 Å². The normalized spacial score (nSPS) is 14.5. The molecule has 0 unspecified atom stereocenters. The number of carbonyl (C=O) groups excluding carboxylic acids is 2. The minimum Gasteiger partial charge on any atom is -0.497 e. The number of hydrogen-bond acceptors (Lipinski definition) is 8. The predicted octanol–water partition coefficient (Wildman–Crippen LogP) is 3.52. The number of nitrogens with zero attached hydrogens (tertiary/aromatic N) is 4. The number of halogens is 1. The maximum Gasteiger partial charge on any atom is 0.426 e. The number of aromatic nitrogens is 2. The minimum absolute atomic E-state index is 0.0351. The summed E-state index contributed by atoms with van der Waals surface area (Å²) in [6.45, 7) is 4.99. The molecule has 0 saturated heterocycles. The summed E-state index contributed by atoms with van der Waals surface area (Å²) in [6.07, 6.45) is 2.44. The van der Waals surface area contributed by atoms with Gasteiger partial charge in [-0.25, -0.2) is 23.6 Å². The number of nitriles is 1. The molecular weight excluding hydrogens is 592 g/mol. The Morgan fingerprint density at radius 3 is 2.46 bits per heavy atom. The number of nitrogens with one attached hydrogen (secondary N) is 2. The van der Waals surface area contributed by atoms with Crippen LogP contribution in [0.5, 0.6) is 5.75 Å². The van der Waals surface area contributed by atoms with Crippen LogP contribution in [0.15, 0.2) is 52.1 Å². The molecule has 12 nitrogen and oxygen atoms in total. The number of carbonyl (C=O) groups is 2. The summed E-state index contributed by atoms with van der Waals surface area (Å²) in [5, 5.41) is 9.88. The van der Waals surface area contributed by atoms with E-state index < -0.39 is 33.2 Å². The van der Waals surface area contributed by atoms with E-state index in [4.69, 9.17) is 9.47 Å². The fraction of sp³-hybridized carbons (Fsp3) is 0.360. The number of benzene rings is 1. The number of methoxy groups -OCH3 is 1. The van der Waals surface area contributed by atoms with Crippen LogP contribution >= 0.6 is 15.9 Å². The molecule has 4 rings (SSSR count). The largest absolute Gasteiger partial charge is 0.497 e. The van der Waals surface area contributed by atoms with E-state index in [-0.39, 0.29) is 22.8 Å². The van der Waals surface area contributed by atoms with E-state index in [1.807, 2.05) is 0 Å². The highest BCUT2D eigenvalue weighted by atomic mass is 79.9. The van der Waals surface area contributed by atoms with Crippen molar-refractivity contribution in [2.24, 2.45) is 0 Å². The van der Waals surface area contributed by atoms with Crippen molar-refractivity contribution in [3.63, 3.8) is 0 Å². The Labute approximate surface area is 234 Å². The Morgan fingerprint density at radius 1 is 1.23 bits per heavy atom. The second-order valence-electron chi connectivity index (χ2n) is 9.94. The van der Waals surface area contributed by atoms with E-state index in [1.165, 1.54) is 34.3 Å². The highest BCUT2D eigenvalue weighted by Gasteiger charge is 2.54. The summed E-state index contributed by atoms with van der Waals surface area (Å²) in [5.41, 5.74) is 3.36. The first kappa shape index (κ1) is 28.3. The Hall–Kier alpha value is -3.67. The summed E-state index contributed by atoms with van der Waals surface area (Å²) >= 11 is 3.35. The van der Waals surface area contributed by atoms with Gasteiger partial charge in [0, 0.05) is 12.7 Å². The molecule has 3 aromatic rings. The summed E-state index contributed by atoms with van der Waals surface area (Å²) in [6, 6.07) is 10.5. The maximum absolute atomic E-state index is 14.0. The number of pyridine rings is 1. The van der Waals surface area contributed by atoms with Crippen molar-refractivity contribution in [1.82, 2.24) is 24.5 Å². The van der Waals surface area contributed by atoms with Crippen molar-refractivity contribution in [1.29, 1.82) is 5.26 Å². The van der Waals surface area contributed by atoms with Gasteiger partial charge in [0.05, 0.1) is 23.8 Å². The van der Waals surface area contributed by atoms with Gasteiger partial charge in [0.2, 0.25) is 10.0 Å². The Kier molecular flexibility index (Phi) is 7.61. The molecular formula is C25H27BrN6O6S. The fourth-order valence-corrected chi connectivity index (χ4v) is 6.29. The fourth-order valence-electron chi connectivity index (χ4n) is 3.83. The molecule has 206 valence electrons. The first-order valence-electron chi connectivity index (χ1n) is 11.8. The minimum atomic E-state index is -4.22. The van der Waals surface area contributed by atoms with Gasteiger partial charge in [-0.05, 0) is 73.3 Å². The Bertz CT molecular complexity index is 1570. The predicted molar refractivity (Wildman–Crippen MR) is 143 cm³/mol. The van der Waals surface area contributed by atoms with Gasteiger partial charge >= 0.3 is 6.09 Å². The average Bonchev–Trinajstić information content (AvgIpc) is 3.55. The summed E-state index contributed by atoms with van der Waals surface area (Å²) in [4.78, 5) is 28.8. The van der Waals surface area contributed by atoms with Crippen LogP contribution in [0.2, 0.25) is 0 Å². The number of hydrazine groups is 1. The first-order valence-corrected chi connectivity index (χ1v) is 14.1. The van der Waals surface area contributed by atoms with Crippen LogP contribution in [0.4, 0.5) is 4.79 Å². The molecule has 0 spiro atoms. The van der Waals surface area contributed by atoms with Crippen molar-refractivity contribution in [2.75, 3.05) is 7.11 Å². The lowest BCUT2D eigenvalue weighted by Gasteiger charge is -2.27. The van der Waals surface area contributed by atoms with Crippen molar-refractivity contribution < 1.29 is 27.5 Å². The summed E-state index contributed by atoms with van der Waals surface area (Å²) in [7, 11) is -2.69. The number of sulfonamides is 1. The third-order valence-corrected chi connectivity index (χ3v) is 8.39. The molecule has 0 bridgehead atoms. The molecule has 0 aliphatic heterocycles. The molecule has 2 N–H and O–H groups in total. The van der Waals surface area contributed by atoms with Crippen LogP contribution in [0.1, 0.15) is 49.7 Å². The van der Waals surface area contributed by atoms with Crippen LogP contribution < -0.4 is 15.6 Å². The van der Waals surface area contributed by atoms with Crippen molar-refractivity contribution in [3.05, 3.63) is 58.5 Å². The molecule has 1 aliphatic carbocycles. The zero-order valence-electron chi connectivity index (χ0n) is 21.7. The lowest BCUT2D eigenvalue weighted by molar-refractivity contribution is 0.0483. The quantitative estimate of drug-likeness (QED) is 0.381. The monoisotopic (exact) mass is 618 g/mol. The second kappa shape index (κ2) is 10.5. The van der Waals surface area contributed by atoms with E-state index in [2.05, 4.69) is 37.8 Å². The molecule has 14 heteroatoms. The standard InChI is InChI=1S/C25H27BrN6O6S/c1-24(2,3)38-23(34)30-29-22(33)20-12-28-21-19(26)11-18(14-31(20)21)39(35,36)32(25(15-27)9-10-25)13-16-5-7-17(37-4)8-6-16/h5-8,11-12,14H,9-10,13H2,1-4H3,(H,29,33)(H,30,34). The van der Waals surface area contributed by atoms with Crippen LogP contribution in [0.3, 0.4) is 0 Å². The number of rotatable bonds is 7. The molecule has 1 fully saturated rings. The van der Waals surface area contributed by atoms with Gasteiger partial charge in [0.15, 0.2) is 5.65 Å². The zero-order chi connectivity index (χ0) is 28.6. The van der Waals surface area contributed by atoms with E-state index in [9.17, 15) is 23.3 Å². The highest BCUT2D eigenvalue weighted by molar-refractivity contribution is 9.10. The summed E-state index contributed by atoms with van der Waals surface area (Å²) in [5.74, 6) is -0.128.